The summed E-state index contributed by atoms with van der Waals surface area (Å²) in [4.78, 5) is 4.49. The van der Waals surface area contributed by atoms with Gasteiger partial charge in [0.25, 0.3) is 0 Å². The van der Waals surface area contributed by atoms with Gasteiger partial charge in [-0.3, -0.25) is 0 Å². The van der Waals surface area contributed by atoms with E-state index in [1.165, 1.54) is 29.5 Å². The zero-order chi connectivity index (χ0) is 20.9. The van der Waals surface area contributed by atoms with Crippen LogP contribution in [0, 0.1) is 11.6 Å². The highest BCUT2D eigenvalue weighted by molar-refractivity contribution is 8.00. The molecule has 1 aromatic heterocycles. The lowest BCUT2D eigenvalue weighted by Gasteiger charge is -2.27. The molecule has 1 aliphatic heterocycles. The fourth-order valence-electron chi connectivity index (χ4n) is 3.21. The normalized spacial score (nSPS) is 16.2. The minimum absolute atomic E-state index is 0.00345. The van der Waals surface area contributed by atoms with E-state index in [1.807, 2.05) is 5.38 Å². The monoisotopic (exact) mass is 464 g/mol. The Morgan fingerprint density at radius 1 is 1.23 bits per heavy atom. The quantitative estimate of drug-likeness (QED) is 0.371. The van der Waals surface area contributed by atoms with Crippen molar-refractivity contribution in [3.63, 3.8) is 0 Å². The van der Waals surface area contributed by atoms with E-state index in [4.69, 9.17) is 11.6 Å². The van der Waals surface area contributed by atoms with Gasteiger partial charge in [-0.2, -0.15) is 0 Å². The fourth-order valence-corrected chi connectivity index (χ4v) is 4.72. The Bertz CT molecular complexity index is 1030. The summed E-state index contributed by atoms with van der Waals surface area (Å²) < 4.78 is 30.8. The van der Waals surface area contributed by atoms with E-state index >= 15 is 0 Å². The molecule has 9 heteroatoms. The number of nitrogens with zero attached hydrogens (tertiary/aromatic N) is 1. The predicted octanol–water partition coefficient (Wildman–Crippen LogP) is 6.05. The van der Waals surface area contributed by atoms with Crippen molar-refractivity contribution in [1.29, 1.82) is 0 Å². The standard InChI is InChI=1S/C21H19ClF2N4S2/c22-16-8-20(30-28-21-11-29-12-27-21)17(24)9-18(16)26-10-19-15(2-1-7-25-19)13-3-5-14(23)6-4-13/h2-6,8-9,11-12,19,25-26,28H,1,7,10H2. The van der Waals surface area contributed by atoms with Gasteiger partial charge in [0.1, 0.15) is 17.5 Å². The topological polar surface area (TPSA) is 49.0 Å². The molecule has 4 rings (SSSR count). The first-order valence-electron chi connectivity index (χ1n) is 9.33. The van der Waals surface area contributed by atoms with Crippen molar-refractivity contribution in [3.05, 3.63) is 75.6 Å². The maximum Gasteiger partial charge on any atom is 0.147 e. The van der Waals surface area contributed by atoms with Crippen LogP contribution in [0.5, 0.6) is 0 Å². The molecule has 2 heterocycles. The second kappa shape index (κ2) is 9.78. The van der Waals surface area contributed by atoms with Gasteiger partial charge in [0.2, 0.25) is 0 Å². The van der Waals surface area contributed by atoms with E-state index in [9.17, 15) is 8.78 Å². The van der Waals surface area contributed by atoms with Crippen molar-refractivity contribution in [3.8, 4) is 0 Å². The molecule has 0 bridgehead atoms. The molecular formula is C21H19ClF2N4S2. The molecule has 1 aliphatic rings. The average molecular weight is 465 g/mol. The van der Waals surface area contributed by atoms with Gasteiger partial charge in [-0.05, 0) is 60.3 Å². The van der Waals surface area contributed by atoms with E-state index in [-0.39, 0.29) is 17.7 Å². The lowest BCUT2D eigenvalue weighted by atomic mass is 9.94. The van der Waals surface area contributed by atoms with Crippen LogP contribution in [0.25, 0.3) is 5.57 Å². The zero-order valence-corrected chi connectivity index (χ0v) is 18.2. The van der Waals surface area contributed by atoms with Crippen LogP contribution in [-0.2, 0) is 0 Å². The summed E-state index contributed by atoms with van der Waals surface area (Å²) in [5.74, 6) is 0.0361. The molecule has 2 aromatic carbocycles. The molecule has 0 radical (unpaired) electrons. The molecular weight excluding hydrogens is 446 g/mol. The number of nitrogens with one attached hydrogen (secondary N) is 3. The molecule has 0 amide bonds. The van der Waals surface area contributed by atoms with Crippen molar-refractivity contribution < 1.29 is 8.78 Å². The van der Waals surface area contributed by atoms with E-state index in [2.05, 4.69) is 26.4 Å². The van der Waals surface area contributed by atoms with Crippen LogP contribution in [0.4, 0.5) is 20.3 Å². The number of anilines is 2. The molecule has 0 aliphatic carbocycles. The Morgan fingerprint density at radius 2 is 2.07 bits per heavy atom. The Morgan fingerprint density at radius 3 is 2.83 bits per heavy atom. The summed E-state index contributed by atoms with van der Waals surface area (Å²) in [6.45, 7) is 1.36. The van der Waals surface area contributed by atoms with Crippen LogP contribution in [0.3, 0.4) is 0 Å². The first kappa shape index (κ1) is 21.1. The van der Waals surface area contributed by atoms with E-state index in [1.54, 1.807) is 23.7 Å². The number of halogens is 3. The van der Waals surface area contributed by atoms with E-state index in [0.717, 1.165) is 36.1 Å². The Labute approximate surface area is 186 Å². The molecule has 30 heavy (non-hydrogen) atoms. The van der Waals surface area contributed by atoms with Gasteiger partial charge < -0.3 is 15.4 Å². The molecule has 0 saturated carbocycles. The van der Waals surface area contributed by atoms with Crippen molar-refractivity contribution >= 4 is 52.0 Å². The summed E-state index contributed by atoms with van der Waals surface area (Å²) in [6.07, 6.45) is 3.05. The maximum atomic E-state index is 14.6. The van der Waals surface area contributed by atoms with Gasteiger partial charge in [-0.1, -0.05) is 29.8 Å². The molecule has 0 saturated heterocycles. The average Bonchev–Trinajstić information content (AvgIpc) is 3.27. The smallest absolute Gasteiger partial charge is 0.147 e. The lowest BCUT2D eigenvalue weighted by molar-refractivity contribution is 0.598. The van der Waals surface area contributed by atoms with Crippen LogP contribution in [0.1, 0.15) is 12.0 Å². The van der Waals surface area contributed by atoms with Crippen LogP contribution in [-0.4, -0.2) is 24.1 Å². The lowest BCUT2D eigenvalue weighted by Crippen LogP contribution is -2.39. The van der Waals surface area contributed by atoms with Crippen molar-refractivity contribution in [2.75, 3.05) is 23.1 Å². The van der Waals surface area contributed by atoms with Crippen LogP contribution < -0.4 is 15.4 Å². The maximum absolute atomic E-state index is 14.6. The Kier molecular flexibility index (Phi) is 6.89. The summed E-state index contributed by atoms with van der Waals surface area (Å²) in [5, 5.41) is 8.97. The molecule has 0 fully saturated rings. The molecule has 3 N–H and O–H groups in total. The number of thiazole rings is 1. The largest absolute Gasteiger partial charge is 0.382 e. The van der Waals surface area contributed by atoms with Crippen LogP contribution >= 0.6 is 34.9 Å². The summed E-state index contributed by atoms with van der Waals surface area (Å²) in [7, 11) is 0. The SMILES string of the molecule is Fc1ccc(C2=CCCNC2CNc2cc(F)c(SNc3cscn3)cc2Cl)cc1. The minimum atomic E-state index is -0.375. The second-order valence-electron chi connectivity index (χ2n) is 6.68. The Balaban J connectivity index is 1.43. The third-order valence-corrected chi connectivity index (χ3v) is 6.41. The van der Waals surface area contributed by atoms with Gasteiger partial charge in [0, 0.05) is 18.0 Å². The molecule has 4 nitrogen and oxygen atoms in total. The highest BCUT2D eigenvalue weighted by Crippen LogP contribution is 2.32. The fraction of sp³-hybridized carbons (Fsp3) is 0.190. The van der Waals surface area contributed by atoms with E-state index in [0.29, 0.717) is 28.0 Å². The third kappa shape index (κ3) is 5.13. The van der Waals surface area contributed by atoms with Crippen LogP contribution in [0.2, 0.25) is 5.02 Å². The molecule has 1 unspecified atom stereocenters. The van der Waals surface area contributed by atoms with Gasteiger partial charge in [0.05, 0.1) is 21.1 Å². The second-order valence-corrected chi connectivity index (χ2v) is 8.66. The van der Waals surface area contributed by atoms with Gasteiger partial charge in [-0.15, -0.1) is 11.3 Å². The summed E-state index contributed by atoms with van der Waals surface area (Å²) in [5.41, 5.74) is 4.28. The van der Waals surface area contributed by atoms with Crippen molar-refractivity contribution in [2.24, 2.45) is 0 Å². The highest BCUT2D eigenvalue weighted by atomic mass is 35.5. The van der Waals surface area contributed by atoms with Gasteiger partial charge in [0.15, 0.2) is 0 Å². The molecule has 156 valence electrons. The minimum Gasteiger partial charge on any atom is -0.382 e. The number of rotatable bonds is 7. The first-order chi connectivity index (χ1) is 14.6. The van der Waals surface area contributed by atoms with E-state index < -0.39 is 0 Å². The Hall–Kier alpha value is -2.13. The zero-order valence-electron chi connectivity index (χ0n) is 15.8. The van der Waals surface area contributed by atoms with Crippen molar-refractivity contribution in [1.82, 2.24) is 10.3 Å². The first-order valence-corrected chi connectivity index (χ1v) is 11.5. The summed E-state index contributed by atoms with van der Waals surface area (Å²) >= 11 is 8.98. The van der Waals surface area contributed by atoms with Gasteiger partial charge >= 0.3 is 0 Å². The van der Waals surface area contributed by atoms with Gasteiger partial charge in [-0.25, -0.2) is 13.8 Å². The number of hydrogen-bond donors (Lipinski definition) is 3. The number of benzene rings is 2. The third-order valence-electron chi connectivity index (χ3n) is 4.67. The molecule has 1 atom stereocenters. The summed E-state index contributed by atoms with van der Waals surface area (Å²) in [6, 6.07) is 9.45. The molecule has 0 spiro atoms. The number of aromatic nitrogens is 1. The predicted molar refractivity (Wildman–Crippen MR) is 122 cm³/mol. The molecule has 3 aromatic rings. The number of hydrogen-bond acceptors (Lipinski definition) is 6. The van der Waals surface area contributed by atoms with Crippen molar-refractivity contribution in [2.45, 2.75) is 17.4 Å². The van der Waals surface area contributed by atoms with Crippen LogP contribution in [0.15, 0.2) is 58.3 Å². The highest BCUT2D eigenvalue weighted by Gasteiger charge is 2.19.